The number of nitrogens with zero attached hydrogens (tertiary/aromatic N) is 2. The molecule has 1 unspecified atom stereocenters. The van der Waals surface area contributed by atoms with Gasteiger partial charge in [0.15, 0.2) is 17.6 Å². The summed E-state index contributed by atoms with van der Waals surface area (Å²) in [6.07, 6.45) is 6.20. The number of ether oxygens (including phenoxy) is 2. The van der Waals surface area contributed by atoms with E-state index in [0.717, 1.165) is 59.4 Å². The Morgan fingerprint density at radius 2 is 1.86 bits per heavy atom. The maximum Gasteiger partial charge on any atom is 0.310 e. The van der Waals surface area contributed by atoms with E-state index in [1.807, 2.05) is 60.8 Å². The number of benzene rings is 3. The van der Waals surface area contributed by atoms with Gasteiger partial charge in [-0.2, -0.15) is 0 Å². The van der Waals surface area contributed by atoms with Gasteiger partial charge in [-0.1, -0.05) is 60.1 Å². The Morgan fingerprint density at radius 3 is 2.66 bits per heavy atom. The number of phenols is 1. The van der Waals surface area contributed by atoms with Crippen LogP contribution in [0.4, 0.5) is 0 Å². The first-order chi connectivity index (χ1) is 21.4. The van der Waals surface area contributed by atoms with Gasteiger partial charge in [0, 0.05) is 35.3 Å². The number of aromatic hydroxyl groups is 1. The van der Waals surface area contributed by atoms with E-state index in [4.69, 9.17) is 26.1 Å². The number of fused-ring (bicyclic) bond motifs is 2. The smallest absolute Gasteiger partial charge is 0.310 e. The van der Waals surface area contributed by atoms with E-state index < -0.39 is 17.1 Å². The van der Waals surface area contributed by atoms with Gasteiger partial charge in [-0.05, 0) is 84.7 Å². The Labute approximate surface area is 261 Å². The Balaban J connectivity index is 1.24. The van der Waals surface area contributed by atoms with Crippen molar-refractivity contribution < 1.29 is 19.4 Å². The van der Waals surface area contributed by atoms with E-state index in [1.54, 1.807) is 6.07 Å². The van der Waals surface area contributed by atoms with Gasteiger partial charge >= 0.3 is 5.97 Å². The van der Waals surface area contributed by atoms with Crippen LogP contribution in [0.3, 0.4) is 0 Å². The van der Waals surface area contributed by atoms with Crippen LogP contribution in [0.5, 0.6) is 11.5 Å². The Hall–Kier alpha value is -3.87. The number of piperidine rings is 1. The molecule has 1 spiro atoms. The number of pyridine rings is 1. The lowest BCUT2D eigenvalue weighted by Crippen LogP contribution is -2.76. The van der Waals surface area contributed by atoms with Crippen LogP contribution < -0.4 is 4.74 Å². The standard InChI is InChI=1S/C37H33ClN2O4/c38-28-11-8-24(9-12-28)27-17-26-19-37(44-31(42)16-22-4-2-1-3-5-22)30-18-25-10-13-29(41)34-32(25)36(37,35(43-34)33(26)39-20-27)14-15-40(30)21-23-6-7-23/h1-5,8-13,17,20,23,30,35,41H,6-7,14-16,18-19,21H2/t30?,35-,36-,37+/m0/s1. The summed E-state index contributed by atoms with van der Waals surface area (Å²) < 4.78 is 13.8. The van der Waals surface area contributed by atoms with Gasteiger partial charge in [-0.25, -0.2) is 0 Å². The predicted octanol–water partition coefficient (Wildman–Crippen LogP) is 6.60. The molecular weight excluding hydrogens is 572 g/mol. The highest BCUT2D eigenvalue weighted by molar-refractivity contribution is 6.30. The van der Waals surface area contributed by atoms with E-state index in [2.05, 4.69) is 17.0 Å². The molecule has 3 aromatic carbocycles. The van der Waals surface area contributed by atoms with E-state index >= 15 is 0 Å². The minimum Gasteiger partial charge on any atom is -0.504 e. The third-order valence-electron chi connectivity index (χ3n) is 10.9. The van der Waals surface area contributed by atoms with Gasteiger partial charge in [-0.3, -0.25) is 14.7 Å². The zero-order valence-corrected chi connectivity index (χ0v) is 25.1. The SMILES string of the molecule is O=C(Cc1ccccc1)O[C@@]12Cc3cc(-c4ccc(Cl)cc4)cnc3[C@@H]3Oc4c(O)ccc5c4[C@@]31CCN(CC1CC1)C2C5. The van der Waals surface area contributed by atoms with Crippen molar-refractivity contribution in [3.63, 3.8) is 0 Å². The number of esters is 1. The summed E-state index contributed by atoms with van der Waals surface area (Å²) in [5.74, 6) is 1.13. The number of halogens is 1. The molecular formula is C37H33ClN2O4. The molecule has 6 nitrogen and oxygen atoms in total. The average molecular weight is 605 g/mol. The summed E-state index contributed by atoms with van der Waals surface area (Å²) in [5.41, 5.74) is 5.52. The molecule has 9 rings (SSSR count). The lowest BCUT2D eigenvalue weighted by atomic mass is 9.48. The van der Waals surface area contributed by atoms with Crippen molar-refractivity contribution in [3.8, 4) is 22.6 Å². The third kappa shape index (κ3) is 3.77. The predicted molar refractivity (Wildman–Crippen MR) is 167 cm³/mol. The Morgan fingerprint density at radius 1 is 1.05 bits per heavy atom. The fourth-order valence-electron chi connectivity index (χ4n) is 8.81. The second-order valence-electron chi connectivity index (χ2n) is 13.3. The van der Waals surface area contributed by atoms with Crippen LogP contribution in [-0.4, -0.2) is 45.7 Å². The normalized spacial score (nSPS) is 27.7. The summed E-state index contributed by atoms with van der Waals surface area (Å²) in [5, 5.41) is 11.8. The molecule has 3 heterocycles. The molecule has 222 valence electrons. The minimum atomic E-state index is -0.879. The monoisotopic (exact) mass is 604 g/mol. The summed E-state index contributed by atoms with van der Waals surface area (Å²) in [4.78, 5) is 21.7. The van der Waals surface area contributed by atoms with Crippen LogP contribution in [0, 0.1) is 5.92 Å². The van der Waals surface area contributed by atoms with Crippen molar-refractivity contribution in [3.05, 3.63) is 112 Å². The molecule has 1 N–H and O–H groups in total. The second-order valence-corrected chi connectivity index (χ2v) is 13.7. The topological polar surface area (TPSA) is 71.9 Å². The number of hydrogen-bond donors (Lipinski definition) is 1. The van der Waals surface area contributed by atoms with E-state index in [9.17, 15) is 9.90 Å². The van der Waals surface area contributed by atoms with Crippen LogP contribution in [0.25, 0.3) is 11.1 Å². The first-order valence-electron chi connectivity index (χ1n) is 15.7. The van der Waals surface area contributed by atoms with Gasteiger partial charge in [-0.15, -0.1) is 0 Å². The summed E-state index contributed by atoms with van der Waals surface area (Å²) in [6, 6.07) is 23.6. The van der Waals surface area contributed by atoms with Crippen molar-refractivity contribution in [1.29, 1.82) is 0 Å². The van der Waals surface area contributed by atoms with Gasteiger partial charge in [0.2, 0.25) is 0 Å². The van der Waals surface area contributed by atoms with Gasteiger partial charge in [0.05, 0.1) is 23.6 Å². The molecule has 5 aliphatic rings. The average Bonchev–Trinajstić information content (AvgIpc) is 3.77. The fourth-order valence-corrected chi connectivity index (χ4v) is 8.93. The minimum absolute atomic E-state index is 0.0157. The largest absolute Gasteiger partial charge is 0.504 e. The fraction of sp³-hybridized carbons (Fsp3) is 0.351. The summed E-state index contributed by atoms with van der Waals surface area (Å²) >= 11 is 6.20. The van der Waals surface area contributed by atoms with E-state index in [-0.39, 0.29) is 24.2 Å². The molecule has 1 saturated heterocycles. The molecule has 0 radical (unpaired) electrons. The van der Waals surface area contributed by atoms with E-state index in [1.165, 1.54) is 18.4 Å². The number of carbonyl (C=O) groups excluding carboxylic acids is 1. The molecule has 0 amide bonds. The molecule has 1 saturated carbocycles. The zero-order chi connectivity index (χ0) is 29.6. The molecule has 4 atom stereocenters. The van der Waals surface area contributed by atoms with Crippen molar-refractivity contribution in [2.24, 2.45) is 5.92 Å². The molecule has 2 bridgehead atoms. The number of likely N-dealkylation sites (tertiary alicyclic amines) is 1. The molecule has 1 aromatic heterocycles. The number of hydrogen-bond acceptors (Lipinski definition) is 6. The second kappa shape index (κ2) is 9.56. The van der Waals surface area contributed by atoms with Crippen molar-refractivity contribution in [2.45, 2.75) is 61.7 Å². The first kappa shape index (κ1) is 26.5. The quantitative estimate of drug-likeness (QED) is 0.250. The Kier molecular flexibility index (Phi) is 5.77. The highest BCUT2D eigenvalue weighted by Crippen LogP contribution is 2.69. The van der Waals surface area contributed by atoms with E-state index in [0.29, 0.717) is 23.1 Å². The van der Waals surface area contributed by atoms with Crippen LogP contribution in [0.15, 0.2) is 79.0 Å². The molecule has 2 aliphatic heterocycles. The van der Waals surface area contributed by atoms with Crippen LogP contribution in [0.1, 0.15) is 53.3 Å². The third-order valence-corrected chi connectivity index (χ3v) is 11.1. The number of phenolic OH excluding ortho intramolecular Hbond substituents is 1. The molecule has 7 heteroatoms. The molecule has 2 fully saturated rings. The van der Waals surface area contributed by atoms with Crippen molar-refractivity contribution in [1.82, 2.24) is 9.88 Å². The number of rotatable bonds is 6. The van der Waals surface area contributed by atoms with Crippen LogP contribution >= 0.6 is 11.6 Å². The maximum absolute atomic E-state index is 14.1. The van der Waals surface area contributed by atoms with Gasteiger partial charge in [0.1, 0.15) is 5.60 Å². The van der Waals surface area contributed by atoms with Crippen molar-refractivity contribution in [2.75, 3.05) is 13.1 Å². The molecule has 4 aromatic rings. The lowest BCUT2D eigenvalue weighted by Gasteiger charge is -2.64. The highest BCUT2D eigenvalue weighted by atomic mass is 35.5. The summed E-state index contributed by atoms with van der Waals surface area (Å²) in [7, 11) is 0. The van der Waals surface area contributed by atoms with Crippen LogP contribution in [0.2, 0.25) is 5.02 Å². The zero-order valence-electron chi connectivity index (χ0n) is 24.3. The highest BCUT2D eigenvalue weighted by Gasteiger charge is 2.75. The van der Waals surface area contributed by atoms with Crippen molar-refractivity contribution >= 4 is 17.6 Å². The molecule has 3 aliphatic carbocycles. The maximum atomic E-state index is 14.1. The number of carbonyl (C=O) groups is 1. The lowest BCUT2D eigenvalue weighted by molar-refractivity contribution is -0.209. The molecule has 44 heavy (non-hydrogen) atoms. The number of aromatic nitrogens is 1. The first-order valence-corrected chi connectivity index (χ1v) is 16.1. The Bertz CT molecular complexity index is 1810. The van der Waals surface area contributed by atoms with Gasteiger partial charge in [0.25, 0.3) is 0 Å². The van der Waals surface area contributed by atoms with Crippen LogP contribution in [-0.2, 0) is 34.2 Å². The van der Waals surface area contributed by atoms with Gasteiger partial charge < -0.3 is 14.6 Å². The summed E-state index contributed by atoms with van der Waals surface area (Å²) in [6.45, 7) is 1.91.